The van der Waals surface area contributed by atoms with Crippen LogP contribution in [0.15, 0.2) is 0 Å². The van der Waals surface area contributed by atoms with Crippen LogP contribution in [0.1, 0.15) is 103 Å². The fraction of sp³-hybridized carbons (Fsp3) is 0.968. The summed E-state index contributed by atoms with van der Waals surface area (Å²) in [5, 5.41) is 8.48. The monoisotopic (exact) mass is 578 g/mol. The first-order valence-electron chi connectivity index (χ1n) is 16.0. The summed E-state index contributed by atoms with van der Waals surface area (Å²) in [6, 6.07) is 0. The lowest BCUT2D eigenvalue weighted by Gasteiger charge is -2.08. The minimum Gasteiger partial charge on any atom is -0.481 e. The topological polar surface area (TPSA) is 102 Å². The van der Waals surface area contributed by atoms with Crippen molar-refractivity contribution in [2.45, 2.75) is 103 Å². The number of carboxylic acid groups (broad SMARTS) is 1. The van der Waals surface area contributed by atoms with Crippen LogP contribution in [0.2, 0.25) is 0 Å². The van der Waals surface area contributed by atoms with Crippen molar-refractivity contribution < 1.29 is 43.1 Å². The van der Waals surface area contributed by atoms with Crippen LogP contribution in [-0.4, -0.2) is 104 Å². The van der Waals surface area contributed by atoms with Crippen molar-refractivity contribution in [3.05, 3.63) is 0 Å². The van der Waals surface area contributed by atoms with Crippen molar-refractivity contribution in [2.75, 3.05) is 92.5 Å². The van der Waals surface area contributed by atoms with Gasteiger partial charge in [0, 0.05) is 6.61 Å². The lowest BCUT2D eigenvalue weighted by atomic mass is 10.0. The highest BCUT2D eigenvalue weighted by atomic mass is 16.6. The van der Waals surface area contributed by atoms with Gasteiger partial charge in [0.15, 0.2) is 0 Å². The third kappa shape index (κ3) is 37.2. The van der Waals surface area contributed by atoms with Gasteiger partial charge in [-0.2, -0.15) is 0 Å². The molecule has 0 aromatic heterocycles. The van der Waals surface area contributed by atoms with E-state index in [2.05, 4.69) is 6.92 Å². The molecule has 0 fully saturated rings. The van der Waals surface area contributed by atoms with Crippen molar-refractivity contribution in [1.29, 1.82) is 0 Å². The Morgan fingerprint density at radius 3 is 0.925 bits per heavy atom. The van der Waals surface area contributed by atoms with Gasteiger partial charge in [-0.1, -0.05) is 90.4 Å². The predicted molar refractivity (Wildman–Crippen MR) is 158 cm³/mol. The summed E-state index contributed by atoms with van der Waals surface area (Å²) < 4.78 is 38.0. The van der Waals surface area contributed by atoms with E-state index >= 15 is 0 Å². The van der Waals surface area contributed by atoms with Crippen LogP contribution >= 0.6 is 0 Å². The van der Waals surface area contributed by atoms with Crippen LogP contribution in [0.5, 0.6) is 0 Å². The van der Waals surface area contributed by atoms with E-state index in [4.69, 9.17) is 38.3 Å². The Morgan fingerprint density at radius 2 is 0.625 bits per heavy atom. The zero-order chi connectivity index (χ0) is 29.0. The highest BCUT2D eigenvalue weighted by Crippen LogP contribution is 2.12. The normalized spacial score (nSPS) is 11.4. The van der Waals surface area contributed by atoms with Crippen LogP contribution < -0.4 is 0 Å². The number of carbonyl (C=O) groups is 1. The summed E-state index contributed by atoms with van der Waals surface area (Å²) in [5.74, 6) is -0.862. The zero-order valence-electron chi connectivity index (χ0n) is 25.7. The Hall–Kier alpha value is -0.810. The van der Waals surface area contributed by atoms with Gasteiger partial charge in [0.25, 0.3) is 0 Å². The van der Waals surface area contributed by atoms with Gasteiger partial charge >= 0.3 is 5.97 Å². The molecule has 0 aliphatic carbocycles. The Bertz CT molecular complexity index is 480. The van der Waals surface area contributed by atoms with Crippen molar-refractivity contribution in [1.82, 2.24) is 0 Å². The number of hydrogen-bond acceptors (Lipinski definition) is 8. The predicted octanol–water partition coefficient (Wildman–Crippen LogP) is 6.06. The van der Waals surface area contributed by atoms with E-state index in [0.29, 0.717) is 79.3 Å². The minimum absolute atomic E-state index is 0.0109. The lowest BCUT2D eigenvalue weighted by Crippen LogP contribution is -2.14. The van der Waals surface area contributed by atoms with Gasteiger partial charge in [-0.05, 0) is 6.42 Å². The van der Waals surface area contributed by atoms with Crippen molar-refractivity contribution in [2.24, 2.45) is 0 Å². The Kier molecular flexibility index (Phi) is 35.5. The zero-order valence-corrected chi connectivity index (χ0v) is 25.7. The molecule has 9 heteroatoms. The standard InChI is InChI=1S/C31H62O9/c1-2-3-4-5-6-7-8-9-10-11-12-13-14-15-17-34-19-21-36-23-25-38-27-29-40-30-28-39-26-24-37-22-20-35-18-16-31(32)33/h2-30H2,1H3,(H,32,33). The highest BCUT2D eigenvalue weighted by molar-refractivity contribution is 5.66. The Morgan fingerprint density at radius 1 is 0.375 bits per heavy atom. The second-order valence-electron chi connectivity index (χ2n) is 10.0. The van der Waals surface area contributed by atoms with Gasteiger partial charge in [-0.3, -0.25) is 4.79 Å². The van der Waals surface area contributed by atoms with Gasteiger partial charge in [0.1, 0.15) is 0 Å². The summed E-state index contributed by atoms with van der Waals surface area (Å²) in [6.07, 6.45) is 19.2. The van der Waals surface area contributed by atoms with Crippen LogP contribution in [0.4, 0.5) is 0 Å². The van der Waals surface area contributed by atoms with Crippen molar-refractivity contribution >= 4 is 5.97 Å². The van der Waals surface area contributed by atoms with Crippen LogP contribution in [0.25, 0.3) is 0 Å². The molecule has 0 aromatic carbocycles. The molecule has 0 heterocycles. The first-order valence-corrected chi connectivity index (χ1v) is 16.0. The molecule has 0 saturated heterocycles. The van der Waals surface area contributed by atoms with E-state index in [-0.39, 0.29) is 13.0 Å². The van der Waals surface area contributed by atoms with Gasteiger partial charge < -0.3 is 38.3 Å². The molecule has 0 spiro atoms. The first kappa shape index (κ1) is 39.2. The summed E-state index contributed by atoms with van der Waals surface area (Å²) in [6.45, 7) is 9.51. The average Bonchev–Trinajstić information content (AvgIpc) is 2.95. The molecule has 240 valence electrons. The number of hydrogen-bond donors (Lipinski definition) is 1. The largest absolute Gasteiger partial charge is 0.481 e. The molecule has 0 bridgehead atoms. The molecular weight excluding hydrogens is 516 g/mol. The molecule has 40 heavy (non-hydrogen) atoms. The average molecular weight is 579 g/mol. The highest BCUT2D eigenvalue weighted by Gasteiger charge is 1.98. The maximum absolute atomic E-state index is 10.3. The van der Waals surface area contributed by atoms with Crippen LogP contribution in [-0.2, 0) is 38.0 Å². The second kappa shape index (κ2) is 36.2. The number of rotatable bonds is 36. The smallest absolute Gasteiger partial charge is 0.305 e. The quantitative estimate of drug-likeness (QED) is 0.0889. The van der Waals surface area contributed by atoms with E-state index < -0.39 is 5.97 Å². The number of aliphatic carboxylic acids is 1. The molecule has 0 unspecified atom stereocenters. The SMILES string of the molecule is CCCCCCCCCCCCCCCCOCCOCCOCCOCCOCCOCCOCCC(=O)O. The fourth-order valence-electron chi connectivity index (χ4n) is 3.98. The third-order valence-corrected chi connectivity index (χ3v) is 6.33. The molecule has 0 aromatic rings. The molecule has 0 saturated carbocycles. The molecule has 0 aliphatic heterocycles. The third-order valence-electron chi connectivity index (χ3n) is 6.33. The molecule has 0 atom stereocenters. The van der Waals surface area contributed by atoms with Crippen LogP contribution in [0.3, 0.4) is 0 Å². The molecule has 0 rings (SSSR count). The number of ether oxygens (including phenoxy) is 7. The number of unbranched alkanes of at least 4 members (excludes halogenated alkanes) is 13. The molecule has 0 aliphatic rings. The van der Waals surface area contributed by atoms with E-state index in [0.717, 1.165) is 13.0 Å². The van der Waals surface area contributed by atoms with Crippen molar-refractivity contribution in [3.8, 4) is 0 Å². The maximum atomic E-state index is 10.3. The summed E-state index contributed by atoms with van der Waals surface area (Å²) in [4.78, 5) is 10.3. The maximum Gasteiger partial charge on any atom is 0.305 e. The Balaban J connectivity index is 3.03. The second-order valence-corrected chi connectivity index (χ2v) is 10.0. The molecule has 9 nitrogen and oxygen atoms in total. The molecular formula is C31H62O9. The van der Waals surface area contributed by atoms with E-state index in [1.165, 1.54) is 83.5 Å². The fourth-order valence-corrected chi connectivity index (χ4v) is 3.98. The first-order chi connectivity index (χ1) is 19.8. The minimum atomic E-state index is -0.862. The van der Waals surface area contributed by atoms with Gasteiger partial charge in [-0.25, -0.2) is 0 Å². The van der Waals surface area contributed by atoms with E-state index in [1.54, 1.807) is 0 Å². The number of carboxylic acids is 1. The van der Waals surface area contributed by atoms with Gasteiger partial charge in [0.2, 0.25) is 0 Å². The lowest BCUT2D eigenvalue weighted by molar-refractivity contribution is -0.138. The molecule has 0 radical (unpaired) electrons. The summed E-state index contributed by atoms with van der Waals surface area (Å²) in [5.41, 5.74) is 0. The van der Waals surface area contributed by atoms with E-state index in [1.807, 2.05) is 0 Å². The Labute approximate surface area is 244 Å². The van der Waals surface area contributed by atoms with Crippen LogP contribution in [0, 0.1) is 0 Å². The van der Waals surface area contributed by atoms with E-state index in [9.17, 15) is 4.79 Å². The molecule has 1 N–H and O–H groups in total. The van der Waals surface area contributed by atoms with Gasteiger partial charge in [0.05, 0.1) is 92.3 Å². The van der Waals surface area contributed by atoms with Gasteiger partial charge in [-0.15, -0.1) is 0 Å². The van der Waals surface area contributed by atoms with Crippen molar-refractivity contribution in [3.63, 3.8) is 0 Å². The summed E-state index contributed by atoms with van der Waals surface area (Å²) in [7, 11) is 0. The summed E-state index contributed by atoms with van der Waals surface area (Å²) >= 11 is 0. The molecule has 0 amide bonds.